The van der Waals surface area contributed by atoms with E-state index in [-0.39, 0.29) is 17.9 Å². The third kappa shape index (κ3) is 4.83. The number of carbonyl (C=O) groups excluding carboxylic acids is 2. The molecular formula is C18H19ClN2O2. The van der Waals surface area contributed by atoms with E-state index in [2.05, 4.69) is 10.6 Å². The first-order valence-corrected chi connectivity index (χ1v) is 7.77. The van der Waals surface area contributed by atoms with Gasteiger partial charge in [-0.1, -0.05) is 41.9 Å². The maximum Gasteiger partial charge on any atom is 0.251 e. The van der Waals surface area contributed by atoms with Crippen LogP contribution < -0.4 is 10.6 Å². The van der Waals surface area contributed by atoms with E-state index in [1.165, 1.54) is 0 Å². The molecule has 4 nitrogen and oxygen atoms in total. The van der Waals surface area contributed by atoms with Gasteiger partial charge in [0.25, 0.3) is 5.91 Å². The maximum atomic E-state index is 12.2. The molecule has 0 saturated heterocycles. The first-order valence-electron chi connectivity index (χ1n) is 7.39. The number of benzene rings is 2. The van der Waals surface area contributed by atoms with E-state index in [0.717, 1.165) is 5.56 Å². The van der Waals surface area contributed by atoms with Gasteiger partial charge in [-0.25, -0.2) is 0 Å². The Balaban J connectivity index is 1.92. The SMILES string of the molecule is CC(NC(=O)c1ccccc1)C(=O)NC(C)c1ccc(Cl)cc1. The fourth-order valence-electron chi connectivity index (χ4n) is 2.11. The highest BCUT2D eigenvalue weighted by atomic mass is 35.5. The first kappa shape index (κ1) is 17.0. The van der Waals surface area contributed by atoms with E-state index >= 15 is 0 Å². The fourth-order valence-corrected chi connectivity index (χ4v) is 2.23. The number of rotatable bonds is 5. The summed E-state index contributed by atoms with van der Waals surface area (Å²) in [5.74, 6) is -0.510. The molecule has 2 N–H and O–H groups in total. The van der Waals surface area contributed by atoms with Gasteiger partial charge in [0.15, 0.2) is 0 Å². The predicted molar refractivity (Wildman–Crippen MR) is 91.4 cm³/mol. The van der Waals surface area contributed by atoms with Crippen LogP contribution in [-0.2, 0) is 4.79 Å². The molecule has 120 valence electrons. The third-order valence-corrected chi connectivity index (χ3v) is 3.76. The highest BCUT2D eigenvalue weighted by molar-refractivity contribution is 6.30. The summed E-state index contributed by atoms with van der Waals surface area (Å²) in [7, 11) is 0. The lowest BCUT2D eigenvalue weighted by molar-refractivity contribution is -0.123. The number of amides is 2. The van der Waals surface area contributed by atoms with Crippen LogP contribution in [0.25, 0.3) is 0 Å². The lowest BCUT2D eigenvalue weighted by Crippen LogP contribution is -2.45. The van der Waals surface area contributed by atoms with Crippen LogP contribution in [0.2, 0.25) is 5.02 Å². The van der Waals surface area contributed by atoms with Gasteiger partial charge in [0.1, 0.15) is 6.04 Å². The van der Waals surface area contributed by atoms with E-state index in [1.54, 1.807) is 43.3 Å². The number of hydrogen-bond donors (Lipinski definition) is 2. The van der Waals surface area contributed by atoms with E-state index < -0.39 is 6.04 Å². The average molecular weight is 331 g/mol. The molecule has 0 aliphatic carbocycles. The van der Waals surface area contributed by atoms with Crippen molar-refractivity contribution in [2.24, 2.45) is 0 Å². The van der Waals surface area contributed by atoms with Gasteiger partial charge in [-0.15, -0.1) is 0 Å². The minimum atomic E-state index is -0.627. The summed E-state index contributed by atoms with van der Waals surface area (Å²) in [6.45, 7) is 3.54. The summed E-state index contributed by atoms with van der Waals surface area (Å²) in [5.41, 5.74) is 1.47. The molecule has 2 aromatic carbocycles. The van der Waals surface area contributed by atoms with E-state index in [1.807, 2.05) is 25.1 Å². The van der Waals surface area contributed by atoms with Gasteiger partial charge in [-0.05, 0) is 43.7 Å². The van der Waals surface area contributed by atoms with Crippen molar-refractivity contribution in [1.82, 2.24) is 10.6 Å². The van der Waals surface area contributed by atoms with Crippen molar-refractivity contribution >= 4 is 23.4 Å². The third-order valence-electron chi connectivity index (χ3n) is 3.51. The second-order valence-electron chi connectivity index (χ2n) is 5.34. The van der Waals surface area contributed by atoms with Crippen molar-refractivity contribution < 1.29 is 9.59 Å². The Morgan fingerprint density at radius 3 is 2.13 bits per heavy atom. The Morgan fingerprint density at radius 1 is 0.913 bits per heavy atom. The lowest BCUT2D eigenvalue weighted by Gasteiger charge is -2.19. The molecule has 2 rings (SSSR count). The Kier molecular flexibility index (Phi) is 5.77. The van der Waals surface area contributed by atoms with E-state index in [9.17, 15) is 9.59 Å². The molecule has 0 bridgehead atoms. The largest absolute Gasteiger partial charge is 0.348 e. The summed E-state index contributed by atoms with van der Waals surface area (Å²) in [5, 5.41) is 6.21. The number of carbonyl (C=O) groups is 2. The zero-order valence-corrected chi connectivity index (χ0v) is 13.8. The molecule has 0 fully saturated rings. The molecule has 23 heavy (non-hydrogen) atoms. The Morgan fingerprint density at radius 2 is 1.52 bits per heavy atom. The van der Waals surface area contributed by atoms with Crippen LogP contribution >= 0.6 is 11.6 Å². The zero-order valence-electron chi connectivity index (χ0n) is 13.0. The van der Waals surface area contributed by atoms with Gasteiger partial charge in [-0.2, -0.15) is 0 Å². The molecule has 0 spiro atoms. The number of hydrogen-bond acceptors (Lipinski definition) is 2. The van der Waals surface area contributed by atoms with Gasteiger partial charge in [0.05, 0.1) is 6.04 Å². The zero-order chi connectivity index (χ0) is 16.8. The number of nitrogens with one attached hydrogen (secondary N) is 2. The van der Waals surface area contributed by atoms with Crippen LogP contribution in [-0.4, -0.2) is 17.9 Å². The quantitative estimate of drug-likeness (QED) is 0.883. The molecule has 0 radical (unpaired) electrons. The Hall–Kier alpha value is -2.33. The molecule has 2 aromatic rings. The Bertz CT molecular complexity index is 671. The first-order chi connectivity index (χ1) is 11.0. The second-order valence-corrected chi connectivity index (χ2v) is 5.78. The van der Waals surface area contributed by atoms with Crippen LogP contribution in [0.3, 0.4) is 0 Å². The summed E-state index contributed by atoms with van der Waals surface area (Å²) in [6, 6.07) is 15.3. The second kappa shape index (κ2) is 7.79. The molecule has 2 unspecified atom stereocenters. The smallest absolute Gasteiger partial charge is 0.251 e. The average Bonchev–Trinajstić information content (AvgIpc) is 2.56. The molecule has 0 heterocycles. The highest BCUT2D eigenvalue weighted by Gasteiger charge is 2.18. The van der Waals surface area contributed by atoms with Crippen LogP contribution in [0.5, 0.6) is 0 Å². The molecule has 0 aliphatic rings. The summed E-state index contributed by atoms with van der Waals surface area (Å²) in [6.07, 6.45) is 0. The summed E-state index contributed by atoms with van der Waals surface area (Å²) in [4.78, 5) is 24.3. The van der Waals surface area contributed by atoms with Crippen LogP contribution in [0, 0.1) is 0 Å². The minimum absolute atomic E-state index is 0.171. The molecule has 0 aromatic heterocycles. The molecule has 0 saturated carbocycles. The van der Waals surface area contributed by atoms with Gasteiger partial charge < -0.3 is 10.6 Å². The normalized spacial score (nSPS) is 13.0. The van der Waals surface area contributed by atoms with Gasteiger partial charge >= 0.3 is 0 Å². The highest BCUT2D eigenvalue weighted by Crippen LogP contribution is 2.16. The van der Waals surface area contributed by atoms with Crippen LogP contribution in [0.1, 0.15) is 35.8 Å². The van der Waals surface area contributed by atoms with Gasteiger partial charge in [-0.3, -0.25) is 9.59 Å². The molecule has 2 amide bonds. The molecular weight excluding hydrogens is 312 g/mol. The van der Waals surface area contributed by atoms with Crippen molar-refractivity contribution in [3.63, 3.8) is 0 Å². The maximum absolute atomic E-state index is 12.2. The van der Waals surface area contributed by atoms with Crippen molar-refractivity contribution in [3.05, 3.63) is 70.7 Å². The monoisotopic (exact) mass is 330 g/mol. The van der Waals surface area contributed by atoms with Crippen molar-refractivity contribution in [3.8, 4) is 0 Å². The summed E-state index contributed by atoms with van der Waals surface area (Å²) < 4.78 is 0. The topological polar surface area (TPSA) is 58.2 Å². The summed E-state index contributed by atoms with van der Waals surface area (Å²) >= 11 is 5.85. The number of halogens is 1. The van der Waals surface area contributed by atoms with Crippen molar-refractivity contribution in [2.75, 3.05) is 0 Å². The van der Waals surface area contributed by atoms with Crippen molar-refractivity contribution in [1.29, 1.82) is 0 Å². The van der Waals surface area contributed by atoms with Crippen LogP contribution in [0.4, 0.5) is 0 Å². The minimum Gasteiger partial charge on any atom is -0.348 e. The van der Waals surface area contributed by atoms with Crippen LogP contribution in [0.15, 0.2) is 54.6 Å². The van der Waals surface area contributed by atoms with Crippen molar-refractivity contribution in [2.45, 2.75) is 25.9 Å². The standard InChI is InChI=1S/C18H19ClN2O2/c1-12(14-8-10-16(19)11-9-14)20-17(22)13(2)21-18(23)15-6-4-3-5-7-15/h3-13H,1-2H3,(H,20,22)(H,21,23). The van der Waals surface area contributed by atoms with Gasteiger partial charge in [0.2, 0.25) is 5.91 Å². The van der Waals surface area contributed by atoms with Gasteiger partial charge in [0, 0.05) is 10.6 Å². The van der Waals surface area contributed by atoms with E-state index in [4.69, 9.17) is 11.6 Å². The molecule has 5 heteroatoms. The molecule has 2 atom stereocenters. The Labute approximate surface area is 140 Å². The van der Waals surface area contributed by atoms with E-state index in [0.29, 0.717) is 10.6 Å². The fraction of sp³-hybridized carbons (Fsp3) is 0.222. The molecule has 0 aliphatic heterocycles. The predicted octanol–water partition coefficient (Wildman–Crippen LogP) is 3.34. The lowest BCUT2D eigenvalue weighted by atomic mass is 10.1.